The van der Waals surface area contributed by atoms with Gasteiger partial charge in [-0.05, 0) is 72.3 Å². The monoisotopic (exact) mass is 450 g/mol. The van der Waals surface area contributed by atoms with E-state index in [0.717, 1.165) is 23.5 Å². The van der Waals surface area contributed by atoms with Crippen molar-refractivity contribution in [2.75, 3.05) is 0 Å². The highest BCUT2D eigenvalue weighted by Crippen LogP contribution is 2.38. The molecule has 1 aliphatic rings. The van der Waals surface area contributed by atoms with E-state index in [9.17, 15) is 13.2 Å². The summed E-state index contributed by atoms with van der Waals surface area (Å²) in [5, 5.41) is 0. The molecule has 3 aromatic carbocycles. The molecule has 0 nitrogen and oxygen atoms in total. The third kappa shape index (κ3) is 5.18. The van der Waals surface area contributed by atoms with Crippen LogP contribution in [0.4, 0.5) is 13.2 Å². The molecule has 0 bridgehead atoms. The second-order valence-corrected chi connectivity index (χ2v) is 9.47. The van der Waals surface area contributed by atoms with Crippen LogP contribution in [0.1, 0.15) is 75.8 Å². The molecule has 4 rings (SSSR count). The summed E-state index contributed by atoms with van der Waals surface area (Å²) in [6, 6.07) is 16.2. The van der Waals surface area contributed by atoms with Gasteiger partial charge in [-0.3, -0.25) is 0 Å². The fraction of sp³-hybridized carbons (Fsp3) is 0.400. The van der Waals surface area contributed by atoms with Crippen LogP contribution in [0.15, 0.2) is 54.6 Å². The van der Waals surface area contributed by atoms with Gasteiger partial charge >= 0.3 is 0 Å². The zero-order valence-electron chi connectivity index (χ0n) is 19.6. The maximum Gasteiger partial charge on any atom is 0.167 e. The molecular weight excluding hydrogens is 417 g/mol. The zero-order valence-corrected chi connectivity index (χ0v) is 19.6. The molecule has 0 aliphatic heterocycles. The highest BCUT2D eigenvalue weighted by atomic mass is 19.2. The van der Waals surface area contributed by atoms with Crippen LogP contribution < -0.4 is 0 Å². The molecule has 1 saturated carbocycles. The lowest BCUT2D eigenvalue weighted by atomic mass is 9.77. The van der Waals surface area contributed by atoms with Crippen molar-refractivity contribution in [3.63, 3.8) is 0 Å². The third-order valence-electron chi connectivity index (χ3n) is 7.20. The standard InChI is InChI=1S/C30H33F3/c1-3-5-20-7-9-21(10-8-20)22-11-13-23(14-12-22)25-16-17-26(28(31)19-25)27-18-15-24(6-4-2)29(32)30(27)33/h11-21H,3-10H2,1-2H3. The van der Waals surface area contributed by atoms with E-state index in [1.165, 1.54) is 56.2 Å². The van der Waals surface area contributed by atoms with Gasteiger partial charge in [0.2, 0.25) is 0 Å². The summed E-state index contributed by atoms with van der Waals surface area (Å²) < 4.78 is 43.9. The first-order valence-electron chi connectivity index (χ1n) is 12.4. The fourth-order valence-corrected chi connectivity index (χ4v) is 5.31. The molecule has 3 aromatic rings. The Morgan fingerprint density at radius 3 is 2.00 bits per heavy atom. The molecule has 0 aromatic heterocycles. The fourth-order valence-electron chi connectivity index (χ4n) is 5.31. The van der Waals surface area contributed by atoms with Gasteiger partial charge in [0.1, 0.15) is 5.82 Å². The summed E-state index contributed by atoms with van der Waals surface area (Å²) in [7, 11) is 0. The van der Waals surface area contributed by atoms with Gasteiger partial charge in [0.25, 0.3) is 0 Å². The summed E-state index contributed by atoms with van der Waals surface area (Å²) in [6.45, 7) is 4.17. The minimum Gasteiger partial charge on any atom is -0.206 e. The van der Waals surface area contributed by atoms with E-state index in [1.54, 1.807) is 18.2 Å². The summed E-state index contributed by atoms with van der Waals surface area (Å²) in [5.41, 5.74) is 3.39. The number of rotatable bonds is 7. The third-order valence-corrected chi connectivity index (χ3v) is 7.20. The molecule has 0 radical (unpaired) electrons. The van der Waals surface area contributed by atoms with Crippen molar-refractivity contribution in [1.82, 2.24) is 0 Å². The molecule has 0 N–H and O–H groups in total. The number of hydrogen-bond donors (Lipinski definition) is 0. The first kappa shape index (κ1) is 23.6. The van der Waals surface area contributed by atoms with Gasteiger partial charge < -0.3 is 0 Å². The van der Waals surface area contributed by atoms with Crippen molar-refractivity contribution in [3.8, 4) is 22.3 Å². The first-order valence-corrected chi connectivity index (χ1v) is 12.4. The van der Waals surface area contributed by atoms with Gasteiger partial charge in [0, 0.05) is 11.1 Å². The molecule has 0 saturated heterocycles. The van der Waals surface area contributed by atoms with Crippen LogP contribution in [0.2, 0.25) is 0 Å². The molecule has 1 fully saturated rings. The Hall–Kier alpha value is -2.55. The smallest absolute Gasteiger partial charge is 0.167 e. The Morgan fingerprint density at radius 1 is 0.697 bits per heavy atom. The normalized spacial score (nSPS) is 18.5. The molecule has 0 heterocycles. The molecule has 3 heteroatoms. The number of benzene rings is 3. The minimum absolute atomic E-state index is 0.0366. The average Bonchev–Trinajstić information content (AvgIpc) is 2.83. The van der Waals surface area contributed by atoms with Crippen molar-refractivity contribution in [1.29, 1.82) is 0 Å². The lowest BCUT2D eigenvalue weighted by Crippen LogP contribution is -2.13. The largest absolute Gasteiger partial charge is 0.206 e. The van der Waals surface area contributed by atoms with Crippen LogP contribution in [0.5, 0.6) is 0 Å². The van der Waals surface area contributed by atoms with Crippen molar-refractivity contribution in [2.45, 2.75) is 71.1 Å². The maximum atomic E-state index is 15.0. The van der Waals surface area contributed by atoms with Gasteiger partial charge in [-0.15, -0.1) is 0 Å². The van der Waals surface area contributed by atoms with Gasteiger partial charge in [-0.2, -0.15) is 0 Å². The van der Waals surface area contributed by atoms with Crippen molar-refractivity contribution < 1.29 is 13.2 Å². The van der Waals surface area contributed by atoms with Crippen LogP contribution in [0.3, 0.4) is 0 Å². The van der Waals surface area contributed by atoms with Gasteiger partial charge in [0.05, 0.1) is 0 Å². The molecule has 0 spiro atoms. The molecule has 0 amide bonds. The molecule has 0 atom stereocenters. The Morgan fingerprint density at radius 2 is 1.36 bits per heavy atom. The van der Waals surface area contributed by atoms with Crippen molar-refractivity contribution >= 4 is 0 Å². The topological polar surface area (TPSA) is 0 Å². The minimum atomic E-state index is -0.981. The Balaban J connectivity index is 1.51. The van der Waals surface area contributed by atoms with Crippen LogP contribution in [0.25, 0.3) is 22.3 Å². The maximum absolute atomic E-state index is 15.0. The highest BCUT2D eigenvalue weighted by Gasteiger charge is 2.22. The van der Waals surface area contributed by atoms with Crippen LogP contribution in [-0.2, 0) is 6.42 Å². The van der Waals surface area contributed by atoms with Crippen molar-refractivity contribution in [2.24, 2.45) is 5.92 Å². The lowest BCUT2D eigenvalue weighted by molar-refractivity contribution is 0.308. The van der Waals surface area contributed by atoms with E-state index in [-0.39, 0.29) is 11.1 Å². The second kappa shape index (κ2) is 10.6. The predicted molar refractivity (Wildman–Crippen MR) is 131 cm³/mol. The molecular formula is C30H33F3. The average molecular weight is 451 g/mol. The van der Waals surface area contributed by atoms with E-state index in [4.69, 9.17) is 0 Å². The van der Waals surface area contributed by atoms with Crippen molar-refractivity contribution in [3.05, 3.63) is 83.2 Å². The summed E-state index contributed by atoms with van der Waals surface area (Å²) in [5.74, 6) is -0.914. The molecule has 174 valence electrons. The van der Waals surface area contributed by atoms with Crippen LogP contribution in [0, 0.1) is 23.4 Å². The second-order valence-electron chi connectivity index (χ2n) is 9.47. The SMILES string of the molecule is CCCc1ccc(-c2ccc(-c3ccc(C4CCC(CCC)CC4)cc3)cc2F)c(F)c1F. The molecule has 33 heavy (non-hydrogen) atoms. The molecule has 0 unspecified atom stereocenters. The van der Waals surface area contributed by atoms with Gasteiger partial charge in [-0.1, -0.05) is 81.6 Å². The van der Waals surface area contributed by atoms with E-state index in [2.05, 4.69) is 19.1 Å². The van der Waals surface area contributed by atoms with E-state index < -0.39 is 17.5 Å². The quantitative estimate of drug-likeness (QED) is 0.336. The van der Waals surface area contributed by atoms with Crippen LogP contribution in [-0.4, -0.2) is 0 Å². The summed E-state index contributed by atoms with van der Waals surface area (Å²) in [6.07, 6.45) is 8.89. The number of halogens is 3. The Kier molecular flexibility index (Phi) is 7.57. The highest BCUT2D eigenvalue weighted by molar-refractivity contribution is 5.71. The Bertz CT molecular complexity index is 1080. The molecule has 1 aliphatic carbocycles. The summed E-state index contributed by atoms with van der Waals surface area (Å²) in [4.78, 5) is 0. The van der Waals surface area contributed by atoms with E-state index in [1.807, 2.05) is 19.1 Å². The van der Waals surface area contributed by atoms with E-state index >= 15 is 0 Å². The number of aryl methyl sites for hydroxylation is 1. The zero-order chi connectivity index (χ0) is 23.4. The van der Waals surface area contributed by atoms with Gasteiger partial charge in [-0.25, -0.2) is 13.2 Å². The predicted octanol–water partition coefficient (Wildman–Crippen LogP) is 9.46. The number of hydrogen-bond acceptors (Lipinski definition) is 0. The lowest BCUT2D eigenvalue weighted by Gasteiger charge is -2.28. The van der Waals surface area contributed by atoms with Crippen LogP contribution >= 0.6 is 0 Å². The van der Waals surface area contributed by atoms with E-state index in [0.29, 0.717) is 17.9 Å². The van der Waals surface area contributed by atoms with Gasteiger partial charge in [0.15, 0.2) is 11.6 Å². The Labute approximate surface area is 195 Å². The summed E-state index contributed by atoms with van der Waals surface area (Å²) >= 11 is 0. The first-order chi connectivity index (χ1) is 16.0.